The fourth-order valence-electron chi connectivity index (χ4n) is 3.58. The highest BCUT2D eigenvalue weighted by molar-refractivity contribution is 5.95. The molecule has 0 bridgehead atoms. The van der Waals surface area contributed by atoms with E-state index in [9.17, 15) is 9.59 Å². The molecule has 0 fully saturated rings. The highest BCUT2D eigenvalue weighted by Gasteiger charge is 2.33. The first-order chi connectivity index (χ1) is 13.3. The molecule has 2 aromatic rings. The summed E-state index contributed by atoms with van der Waals surface area (Å²) in [6, 6.07) is 14.0. The van der Waals surface area contributed by atoms with Gasteiger partial charge in [0.25, 0.3) is 0 Å². The van der Waals surface area contributed by atoms with Gasteiger partial charge >= 0.3 is 5.97 Å². The molecule has 1 amide bonds. The maximum Gasteiger partial charge on any atom is 0.335 e. The Balaban J connectivity index is 0.000000261. The van der Waals surface area contributed by atoms with Crippen molar-refractivity contribution in [3.05, 3.63) is 59.2 Å². The first kappa shape index (κ1) is 21.0. The van der Waals surface area contributed by atoms with Crippen LogP contribution in [0.1, 0.15) is 48.7 Å². The number of carbonyl (C=O) groups excluding carboxylic acids is 1. The van der Waals surface area contributed by atoms with Crippen molar-refractivity contribution in [2.75, 3.05) is 10.6 Å². The Labute approximate surface area is 165 Å². The molecule has 0 aliphatic carbocycles. The molecule has 1 unspecified atom stereocenters. The third kappa shape index (κ3) is 4.68. The average molecular weight is 379 g/mol. The fourth-order valence-corrected chi connectivity index (χ4v) is 3.58. The third-order valence-corrected chi connectivity index (χ3v) is 4.91. The van der Waals surface area contributed by atoms with Crippen LogP contribution in [0.2, 0.25) is 0 Å². The number of nitrogens with two attached hydrogens (primary N) is 1. The molecule has 1 heterocycles. The predicted molar refractivity (Wildman–Crippen MR) is 109 cm³/mol. The molecule has 3 rings (SSSR count). The molecule has 0 spiro atoms. The normalized spacial score (nSPS) is 17.6. The lowest BCUT2D eigenvalue weighted by atomic mass is 9.85. The van der Waals surface area contributed by atoms with E-state index in [-0.39, 0.29) is 17.5 Å². The van der Waals surface area contributed by atoms with Gasteiger partial charge in [-0.3, -0.25) is 4.79 Å². The van der Waals surface area contributed by atoms with Gasteiger partial charge in [-0.05, 0) is 66.8 Å². The number of rotatable bonds is 2. The number of hydrogen-bond acceptors (Lipinski definition) is 4. The zero-order chi connectivity index (χ0) is 20.8. The van der Waals surface area contributed by atoms with Crippen molar-refractivity contribution in [3.63, 3.8) is 0 Å². The predicted octanol–water partition coefficient (Wildman–Crippen LogP) is 3.85. The van der Waals surface area contributed by atoms with E-state index < -0.39 is 5.97 Å². The minimum Gasteiger partial charge on any atom is -0.478 e. The van der Waals surface area contributed by atoms with Gasteiger partial charge in [0.2, 0.25) is 5.91 Å². The van der Waals surface area contributed by atoms with Crippen molar-refractivity contribution in [1.82, 2.24) is 0 Å². The van der Waals surface area contributed by atoms with E-state index in [1.54, 1.807) is 49.4 Å². The van der Waals surface area contributed by atoms with Crippen molar-refractivity contribution in [1.29, 1.82) is 5.26 Å². The van der Waals surface area contributed by atoms with Crippen LogP contribution < -0.4 is 10.6 Å². The van der Waals surface area contributed by atoms with Gasteiger partial charge in [-0.2, -0.15) is 5.26 Å². The molecule has 0 saturated carbocycles. The number of nitrogens with zero attached hydrogens (tertiary/aromatic N) is 2. The van der Waals surface area contributed by atoms with E-state index in [2.05, 4.69) is 13.8 Å². The van der Waals surface area contributed by atoms with Crippen molar-refractivity contribution < 1.29 is 14.7 Å². The van der Waals surface area contributed by atoms with Gasteiger partial charge in [0.15, 0.2) is 0 Å². The second-order valence-corrected chi connectivity index (χ2v) is 6.93. The Morgan fingerprint density at radius 3 is 2.39 bits per heavy atom. The van der Waals surface area contributed by atoms with Crippen molar-refractivity contribution in [2.24, 2.45) is 5.92 Å². The third-order valence-electron chi connectivity index (χ3n) is 4.91. The van der Waals surface area contributed by atoms with Crippen LogP contribution in [0.4, 0.5) is 11.4 Å². The number of nitriles is 1. The lowest BCUT2D eigenvalue weighted by molar-refractivity contribution is -0.117. The largest absolute Gasteiger partial charge is 0.478 e. The number of carbonyl (C=O) groups is 2. The molecule has 146 valence electrons. The minimum absolute atomic E-state index is 0.0164. The molecule has 0 aromatic heterocycles. The molecule has 28 heavy (non-hydrogen) atoms. The number of carboxylic acid groups (broad SMARTS) is 1. The summed E-state index contributed by atoms with van der Waals surface area (Å²) in [4.78, 5) is 24.7. The van der Waals surface area contributed by atoms with Crippen LogP contribution in [0.15, 0.2) is 42.5 Å². The van der Waals surface area contributed by atoms with Crippen LogP contribution in [0.25, 0.3) is 0 Å². The Kier molecular flexibility index (Phi) is 6.78. The molecule has 2 atom stereocenters. The molecule has 1 aliphatic heterocycles. The lowest BCUT2D eigenvalue weighted by Gasteiger charge is -2.40. The summed E-state index contributed by atoms with van der Waals surface area (Å²) in [7, 11) is 0. The average Bonchev–Trinajstić information content (AvgIpc) is 2.67. The van der Waals surface area contributed by atoms with Gasteiger partial charge in [0.05, 0.1) is 17.2 Å². The monoisotopic (exact) mass is 379 g/mol. The summed E-state index contributed by atoms with van der Waals surface area (Å²) in [5, 5.41) is 17.4. The van der Waals surface area contributed by atoms with E-state index in [4.69, 9.17) is 16.1 Å². The topological polar surface area (TPSA) is 107 Å². The maximum atomic E-state index is 11.9. The first-order valence-corrected chi connectivity index (χ1v) is 9.20. The molecule has 2 aromatic carbocycles. The van der Waals surface area contributed by atoms with Crippen molar-refractivity contribution in [3.8, 4) is 6.07 Å². The molecule has 6 nitrogen and oxygen atoms in total. The van der Waals surface area contributed by atoms with E-state index in [1.807, 2.05) is 11.0 Å². The number of benzene rings is 2. The Morgan fingerprint density at radius 2 is 1.89 bits per heavy atom. The molecule has 0 saturated heterocycles. The summed E-state index contributed by atoms with van der Waals surface area (Å²) in [5.41, 5.74) is 8.80. The number of hydrogen-bond donors (Lipinski definition) is 2. The van der Waals surface area contributed by atoms with Gasteiger partial charge in [-0.1, -0.05) is 13.8 Å². The number of amides is 1. The molecular weight excluding hydrogens is 354 g/mol. The molecule has 6 heteroatoms. The van der Waals surface area contributed by atoms with Crippen LogP contribution in [0.3, 0.4) is 0 Å². The first-order valence-electron chi connectivity index (χ1n) is 9.20. The zero-order valence-electron chi connectivity index (χ0n) is 16.3. The van der Waals surface area contributed by atoms with E-state index in [0.717, 1.165) is 24.1 Å². The van der Waals surface area contributed by atoms with Gasteiger partial charge in [-0.25, -0.2) is 4.79 Å². The number of aromatic carboxylic acids is 1. The Morgan fingerprint density at radius 1 is 1.25 bits per heavy atom. The molecular formula is C22H25N3O3. The van der Waals surface area contributed by atoms with Gasteiger partial charge in [0, 0.05) is 24.3 Å². The van der Waals surface area contributed by atoms with Crippen LogP contribution in [0, 0.1) is 17.2 Å². The number of fused-ring (bicyclic) bond motifs is 1. The standard InChI is InChI=1S/C15H19NO3.C7H6N2/c1-4-13-9(2)7-12-8-11(15(18)19)5-6-14(12)16(13)10(3)17;8-5-6-1-3-7(9)4-2-6/h5-6,8-9,13H,4,7H2,1-3H3,(H,18,19);1-4H,9H2/t9?,13-;/m0./s1. The summed E-state index contributed by atoms with van der Waals surface area (Å²) in [5.74, 6) is -0.574. The number of nitrogen functional groups attached to an aromatic ring is 1. The van der Waals surface area contributed by atoms with Crippen molar-refractivity contribution >= 4 is 23.3 Å². The van der Waals surface area contributed by atoms with Gasteiger partial charge in [0.1, 0.15) is 0 Å². The summed E-state index contributed by atoms with van der Waals surface area (Å²) >= 11 is 0. The Bertz CT molecular complexity index is 900. The SMILES string of the molecule is CC[C@H]1C(C)Cc2cc(C(=O)O)ccc2N1C(C)=O.N#Cc1ccc(N)cc1. The quantitative estimate of drug-likeness (QED) is 0.771. The maximum absolute atomic E-state index is 11.9. The van der Waals surface area contributed by atoms with Gasteiger partial charge in [-0.15, -0.1) is 0 Å². The van der Waals surface area contributed by atoms with Gasteiger partial charge < -0.3 is 15.7 Å². The molecule has 3 N–H and O–H groups in total. The number of anilines is 2. The lowest BCUT2D eigenvalue weighted by Crippen LogP contribution is -2.46. The minimum atomic E-state index is -0.928. The number of carboxylic acids is 1. The second kappa shape index (κ2) is 9.05. The summed E-state index contributed by atoms with van der Waals surface area (Å²) in [6.45, 7) is 5.75. The molecule has 1 aliphatic rings. The summed E-state index contributed by atoms with van der Waals surface area (Å²) in [6.07, 6.45) is 1.72. The van der Waals surface area contributed by atoms with Crippen LogP contribution in [0.5, 0.6) is 0 Å². The fraction of sp³-hybridized carbons (Fsp3) is 0.318. The van der Waals surface area contributed by atoms with Crippen LogP contribution in [-0.4, -0.2) is 23.0 Å². The smallest absolute Gasteiger partial charge is 0.335 e. The van der Waals surface area contributed by atoms with E-state index in [0.29, 0.717) is 17.2 Å². The highest BCUT2D eigenvalue weighted by Crippen LogP contribution is 2.35. The second-order valence-electron chi connectivity index (χ2n) is 6.93. The Hall–Kier alpha value is -3.33. The zero-order valence-corrected chi connectivity index (χ0v) is 16.3. The highest BCUT2D eigenvalue weighted by atomic mass is 16.4. The van der Waals surface area contributed by atoms with Crippen LogP contribution in [-0.2, 0) is 11.2 Å². The van der Waals surface area contributed by atoms with Crippen LogP contribution >= 0.6 is 0 Å². The van der Waals surface area contributed by atoms with E-state index in [1.165, 1.54) is 0 Å². The molecule has 0 radical (unpaired) electrons. The van der Waals surface area contributed by atoms with E-state index >= 15 is 0 Å². The summed E-state index contributed by atoms with van der Waals surface area (Å²) < 4.78 is 0. The van der Waals surface area contributed by atoms with Crippen molar-refractivity contribution in [2.45, 2.75) is 39.7 Å².